The number of nitrogens with zero attached hydrogens (tertiary/aromatic N) is 2. The van der Waals surface area contributed by atoms with Crippen LogP contribution in [0.1, 0.15) is 25.3 Å². The van der Waals surface area contributed by atoms with Gasteiger partial charge in [-0.3, -0.25) is 14.0 Å². The number of rotatable bonds is 5. The Hall–Kier alpha value is -2.39. The summed E-state index contributed by atoms with van der Waals surface area (Å²) in [4.78, 5) is 28.0. The predicted octanol–water partition coefficient (Wildman–Crippen LogP) is 2.43. The number of halogens is 1. The molecule has 0 bridgehead atoms. The van der Waals surface area contributed by atoms with Crippen molar-refractivity contribution in [3.63, 3.8) is 0 Å². The number of fused-ring (bicyclic) bond motifs is 2. The monoisotopic (exact) mass is 418 g/mol. The van der Waals surface area contributed by atoms with E-state index in [2.05, 4.69) is 9.69 Å². The Labute approximate surface area is 170 Å². The molecule has 0 spiro atoms. The number of benzene rings is 1. The molecule has 2 aliphatic rings. The van der Waals surface area contributed by atoms with E-state index < -0.39 is 16.8 Å². The number of aromatic amines is 1. The van der Waals surface area contributed by atoms with Gasteiger partial charge in [-0.15, -0.1) is 0 Å². The first-order chi connectivity index (χ1) is 14.0. The number of pyridine rings is 1. The van der Waals surface area contributed by atoms with Crippen LogP contribution in [0.5, 0.6) is 5.75 Å². The van der Waals surface area contributed by atoms with Crippen LogP contribution in [-0.4, -0.2) is 42.7 Å². The van der Waals surface area contributed by atoms with Crippen molar-refractivity contribution in [2.45, 2.75) is 25.3 Å². The van der Waals surface area contributed by atoms with Gasteiger partial charge in [0.1, 0.15) is 15.9 Å². The number of aromatic nitrogens is 2. The third kappa shape index (κ3) is 2.78. The van der Waals surface area contributed by atoms with Gasteiger partial charge in [-0.1, -0.05) is 0 Å². The van der Waals surface area contributed by atoms with E-state index in [1.54, 1.807) is 0 Å². The lowest BCUT2D eigenvalue weighted by Gasteiger charge is -2.24. The van der Waals surface area contributed by atoms with Crippen molar-refractivity contribution in [1.82, 2.24) is 14.3 Å². The van der Waals surface area contributed by atoms with Gasteiger partial charge < -0.3 is 19.5 Å². The van der Waals surface area contributed by atoms with E-state index in [1.165, 1.54) is 13.2 Å². The zero-order chi connectivity index (χ0) is 20.3. The minimum absolute atomic E-state index is 0.110. The lowest BCUT2D eigenvalue weighted by molar-refractivity contribution is 0.414. The lowest BCUT2D eigenvalue weighted by Crippen LogP contribution is -2.26. The second-order valence-corrected chi connectivity index (χ2v) is 8.73. The van der Waals surface area contributed by atoms with E-state index in [0.717, 1.165) is 50.4 Å². The summed E-state index contributed by atoms with van der Waals surface area (Å²) in [6, 6.07) is 1.48. The van der Waals surface area contributed by atoms with Crippen LogP contribution in [0.4, 0.5) is 10.1 Å². The second kappa shape index (κ2) is 6.84. The average Bonchev–Trinajstić information content (AvgIpc) is 3.31. The number of H-pyrrole nitrogens is 1. The van der Waals surface area contributed by atoms with Gasteiger partial charge in [0.25, 0.3) is 5.56 Å². The predicted molar refractivity (Wildman–Crippen MR) is 113 cm³/mol. The number of methoxy groups -OCH3 is 1. The van der Waals surface area contributed by atoms with Gasteiger partial charge in [0.05, 0.1) is 18.0 Å². The number of hydrogen-bond donors (Lipinski definition) is 2. The first-order valence-electron chi connectivity index (χ1n) is 9.90. The molecule has 1 aliphatic heterocycles. The Morgan fingerprint density at radius 3 is 2.83 bits per heavy atom. The van der Waals surface area contributed by atoms with Crippen LogP contribution in [-0.2, 0) is 0 Å². The molecule has 1 aliphatic carbocycles. The molecule has 3 heterocycles. The largest absolute Gasteiger partial charge is 0.492 e. The second-order valence-electron chi connectivity index (χ2n) is 7.94. The van der Waals surface area contributed by atoms with Gasteiger partial charge in [0.2, 0.25) is 5.43 Å². The maximum Gasteiger partial charge on any atom is 0.271 e. The van der Waals surface area contributed by atoms with Crippen molar-refractivity contribution in [2.75, 3.05) is 38.7 Å². The molecule has 1 saturated carbocycles. The normalized spacial score (nSPS) is 19.6. The third-order valence-corrected chi connectivity index (χ3v) is 6.89. The van der Waals surface area contributed by atoms with E-state index in [-0.39, 0.29) is 16.8 Å². The maximum atomic E-state index is 15.3. The van der Waals surface area contributed by atoms with Crippen molar-refractivity contribution in [3.8, 4) is 5.75 Å². The molecule has 5 rings (SSSR count). The lowest BCUT2D eigenvalue weighted by atomic mass is 10.1. The van der Waals surface area contributed by atoms with E-state index >= 15 is 4.39 Å². The van der Waals surface area contributed by atoms with Crippen LogP contribution < -0.4 is 25.9 Å². The minimum atomic E-state index is -0.482. The number of anilines is 1. The van der Waals surface area contributed by atoms with Crippen LogP contribution >= 0.6 is 11.5 Å². The number of hydrogen-bond acceptors (Lipinski definition) is 6. The fourth-order valence-corrected chi connectivity index (χ4v) is 5.50. The first-order valence-corrected chi connectivity index (χ1v) is 10.7. The number of ether oxygens (including phenoxy) is 1. The van der Waals surface area contributed by atoms with Crippen LogP contribution in [0.2, 0.25) is 0 Å². The Morgan fingerprint density at radius 1 is 1.34 bits per heavy atom. The Bertz CT molecular complexity index is 1230. The van der Waals surface area contributed by atoms with Gasteiger partial charge in [0, 0.05) is 19.1 Å². The van der Waals surface area contributed by atoms with Crippen LogP contribution in [0.3, 0.4) is 0 Å². The fraction of sp³-hybridized carbons (Fsp3) is 0.500. The van der Waals surface area contributed by atoms with Gasteiger partial charge in [0.15, 0.2) is 11.6 Å². The van der Waals surface area contributed by atoms with Crippen LogP contribution in [0.15, 0.2) is 15.7 Å². The molecule has 29 heavy (non-hydrogen) atoms. The molecule has 1 aromatic carbocycles. The van der Waals surface area contributed by atoms with Crippen molar-refractivity contribution in [1.29, 1.82) is 0 Å². The highest BCUT2D eigenvalue weighted by Gasteiger charge is 2.34. The fourth-order valence-electron chi connectivity index (χ4n) is 4.58. The minimum Gasteiger partial charge on any atom is -0.492 e. The Morgan fingerprint density at radius 2 is 2.14 bits per heavy atom. The molecule has 154 valence electrons. The van der Waals surface area contributed by atoms with Gasteiger partial charge in [-0.25, -0.2) is 4.39 Å². The average molecular weight is 418 g/mol. The molecule has 0 unspecified atom stereocenters. The highest BCUT2D eigenvalue weighted by atomic mass is 32.1. The molecule has 3 aromatic rings. The molecular weight excluding hydrogens is 395 g/mol. The maximum absolute atomic E-state index is 15.3. The molecule has 1 saturated heterocycles. The van der Waals surface area contributed by atoms with Crippen molar-refractivity contribution >= 4 is 38.3 Å². The van der Waals surface area contributed by atoms with Crippen LogP contribution in [0.25, 0.3) is 21.1 Å². The molecule has 2 fully saturated rings. The van der Waals surface area contributed by atoms with Crippen LogP contribution in [0, 0.1) is 11.7 Å². The number of nitrogens with one attached hydrogen (secondary N) is 2. The molecule has 0 radical (unpaired) electrons. The molecule has 2 aromatic heterocycles. The van der Waals surface area contributed by atoms with Crippen molar-refractivity contribution in [3.05, 3.63) is 32.5 Å². The summed E-state index contributed by atoms with van der Waals surface area (Å²) in [7, 11) is 3.44. The highest BCUT2D eigenvalue weighted by Crippen LogP contribution is 2.46. The van der Waals surface area contributed by atoms with Gasteiger partial charge in [-0.05, 0) is 56.4 Å². The molecular formula is C20H23FN4O3S. The quantitative estimate of drug-likeness (QED) is 0.665. The summed E-state index contributed by atoms with van der Waals surface area (Å²) in [5.74, 6) is 0.338. The topological polar surface area (TPSA) is 79.4 Å². The molecule has 9 heteroatoms. The van der Waals surface area contributed by atoms with Crippen molar-refractivity contribution < 1.29 is 9.13 Å². The van der Waals surface area contributed by atoms with E-state index in [9.17, 15) is 9.59 Å². The zero-order valence-electron chi connectivity index (χ0n) is 16.4. The summed E-state index contributed by atoms with van der Waals surface area (Å²) in [5.41, 5.74) is 0.155. The van der Waals surface area contributed by atoms with E-state index in [0.29, 0.717) is 27.7 Å². The van der Waals surface area contributed by atoms with E-state index in [4.69, 9.17) is 4.74 Å². The summed E-state index contributed by atoms with van der Waals surface area (Å²) >= 11 is 1.16. The molecule has 1 atom stereocenters. The first kappa shape index (κ1) is 18.6. The Balaban J connectivity index is 1.82. The molecule has 0 amide bonds. The summed E-state index contributed by atoms with van der Waals surface area (Å²) in [6.45, 7) is 2.34. The highest BCUT2D eigenvalue weighted by molar-refractivity contribution is 7.12. The van der Waals surface area contributed by atoms with Gasteiger partial charge >= 0.3 is 0 Å². The summed E-state index contributed by atoms with van der Waals surface area (Å²) < 4.78 is 25.7. The van der Waals surface area contributed by atoms with E-state index in [1.807, 2.05) is 16.5 Å². The standard InChI is InChI=1S/C20H23FN4O3S/c1-22-8-10-5-6-24(9-10)16-13(21)7-12-15(18(16)28-2)25(11-3-4-11)20-14(17(12)26)19(27)23-29-20/h7,10-11,22H,3-6,8-9H2,1-2H3,(H,23,27)/t10-/m0/s1. The van der Waals surface area contributed by atoms with Crippen molar-refractivity contribution in [2.24, 2.45) is 5.92 Å². The third-order valence-electron chi connectivity index (χ3n) is 6.01. The summed E-state index contributed by atoms with van der Waals surface area (Å²) in [5, 5.41) is 3.50. The SMILES string of the molecule is CNC[C@@H]1CCN(c2c(F)cc3c(=O)c4c(=O)[nH]sc4n(C4CC4)c3c2OC)C1. The zero-order valence-corrected chi connectivity index (χ0v) is 17.2. The molecule has 7 nitrogen and oxygen atoms in total. The molecule has 2 N–H and O–H groups in total. The smallest absolute Gasteiger partial charge is 0.271 e. The summed E-state index contributed by atoms with van der Waals surface area (Å²) in [6.07, 6.45) is 2.89. The Kier molecular flexibility index (Phi) is 4.40. The van der Waals surface area contributed by atoms with Gasteiger partial charge in [-0.2, -0.15) is 0 Å².